The third-order valence-electron chi connectivity index (χ3n) is 5.43. The van der Waals surface area contributed by atoms with E-state index in [9.17, 15) is 4.79 Å². The molecule has 130 valence electrons. The highest BCUT2D eigenvalue weighted by Gasteiger charge is 2.29. The predicted octanol–water partition coefficient (Wildman–Crippen LogP) is 4.38. The topological polar surface area (TPSA) is 55.1 Å². The molecule has 1 heterocycles. The van der Waals surface area contributed by atoms with Crippen molar-refractivity contribution in [1.82, 2.24) is 5.32 Å². The van der Waals surface area contributed by atoms with Gasteiger partial charge in [-0.05, 0) is 57.2 Å². The number of allylic oxidation sites excluding steroid dienone is 1. The van der Waals surface area contributed by atoms with Crippen LogP contribution >= 0.6 is 0 Å². The number of nitrogens with two attached hydrogens (primary N) is 1. The van der Waals surface area contributed by atoms with Gasteiger partial charge in [-0.2, -0.15) is 0 Å². The van der Waals surface area contributed by atoms with Crippen molar-refractivity contribution in [3.05, 3.63) is 34.9 Å². The minimum Gasteiger partial charge on any atom is -0.398 e. The van der Waals surface area contributed by atoms with E-state index >= 15 is 0 Å². The lowest BCUT2D eigenvalue weighted by Crippen LogP contribution is -2.44. The number of ketones is 1. The molecule has 1 saturated carbocycles. The van der Waals surface area contributed by atoms with Crippen molar-refractivity contribution in [3.63, 3.8) is 0 Å². The zero-order valence-electron chi connectivity index (χ0n) is 15.2. The van der Waals surface area contributed by atoms with Crippen molar-refractivity contribution in [2.75, 3.05) is 5.73 Å². The Kier molecular flexibility index (Phi) is 4.71. The molecule has 24 heavy (non-hydrogen) atoms. The van der Waals surface area contributed by atoms with Gasteiger partial charge in [0, 0.05) is 34.5 Å². The molecule has 3 N–H and O–H groups in total. The fraction of sp³-hybridized carbons (Fsp3) is 0.571. The van der Waals surface area contributed by atoms with Crippen LogP contribution in [0.15, 0.2) is 18.2 Å². The van der Waals surface area contributed by atoms with E-state index in [1.54, 1.807) is 0 Å². The number of nitrogen functional groups attached to an aromatic ring is 1. The summed E-state index contributed by atoms with van der Waals surface area (Å²) in [4.78, 5) is 12.8. The lowest BCUT2D eigenvalue weighted by molar-refractivity contribution is -0.118. The third-order valence-corrected chi connectivity index (χ3v) is 5.43. The normalized spacial score (nSPS) is 22.5. The summed E-state index contributed by atoms with van der Waals surface area (Å²) < 4.78 is 0. The first-order valence-electron chi connectivity index (χ1n) is 9.29. The number of carbonyl (C=O) groups excluding carboxylic acids is 1. The Hall–Kier alpha value is -1.77. The number of hydrogen-bond acceptors (Lipinski definition) is 3. The fourth-order valence-corrected chi connectivity index (χ4v) is 4.07. The van der Waals surface area contributed by atoms with Crippen LogP contribution in [0.5, 0.6) is 0 Å². The number of benzene rings is 1. The first-order chi connectivity index (χ1) is 11.4. The van der Waals surface area contributed by atoms with Crippen LogP contribution < -0.4 is 11.1 Å². The van der Waals surface area contributed by atoms with Crippen LogP contribution in [0.1, 0.15) is 69.1 Å². The third kappa shape index (κ3) is 3.66. The summed E-state index contributed by atoms with van der Waals surface area (Å²) in [6.45, 7) is 6.42. The van der Waals surface area contributed by atoms with Gasteiger partial charge in [0.15, 0.2) is 5.78 Å². The second kappa shape index (κ2) is 6.62. The van der Waals surface area contributed by atoms with Crippen LogP contribution in [0.2, 0.25) is 0 Å². The van der Waals surface area contributed by atoms with Crippen molar-refractivity contribution in [3.8, 4) is 0 Å². The number of aryl methyl sites for hydroxylation is 1. The van der Waals surface area contributed by atoms with E-state index in [0.29, 0.717) is 0 Å². The Bertz CT molecular complexity index is 665. The largest absolute Gasteiger partial charge is 0.398 e. The Morgan fingerprint density at radius 1 is 1.21 bits per heavy atom. The summed E-state index contributed by atoms with van der Waals surface area (Å²) >= 11 is 0. The molecular formula is C21H30N2O. The summed E-state index contributed by atoms with van der Waals surface area (Å²) in [5.41, 5.74) is 11.3. The van der Waals surface area contributed by atoms with E-state index < -0.39 is 0 Å². The Balaban J connectivity index is 1.94. The minimum absolute atomic E-state index is 0.0505. The molecule has 1 aromatic rings. The fourth-order valence-electron chi connectivity index (χ4n) is 4.07. The van der Waals surface area contributed by atoms with Crippen molar-refractivity contribution in [1.29, 1.82) is 0 Å². The molecule has 1 fully saturated rings. The van der Waals surface area contributed by atoms with E-state index in [0.717, 1.165) is 41.8 Å². The number of fused-ring (bicyclic) bond motifs is 1. The lowest BCUT2D eigenvalue weighted by atomic mass is 9.83. The first-order valence-corrected chi connectivity index (χ1v) is 9.29. The van der Waals surface area contributed by atoms with E-state index in [2.05, 4.69) is 25.2 Å². The van der Waals surface area contributed by atoms with Crippen LogP contribution in [0.25, 0.3) is 5.70 Å². The van der Waals surface area contributed by atoms with Crippen LogP contribution in [0.4, 0.5) is 5.69 Å². The second-order valence-electron chi connectivity index (χ2n) is 8.20. The van der Waals surface area contributed by atoms with Crippen molar-refractivity contribution >= 4 is 17.2 Å². The molecule has 0 spiro atoms. The van der Waals surface area contributed by atoms with E-state index in [4.69, 9.17) is 5.73 Å². The molecule has 0 saturated heterocycles. The maximum Gasteiger partial charge on any atom is 0.160 e. The van der Waals surface area contributed by atoms with Gasteiger partial charge in [-0.1, -0.05) is 31.7 Å². The molecule has 0 bridgehead atoms. The Morgan fingerprint density at radius 3 is 2.54 bits per heavy atom. The smallest absolute Gasteiger partial charge is 0.160 e. The standard InChI is InChI=1S/C21H30N2O/c1-14-10-16-13-21(2,3)23-19(17(16)11-18(14)22)12-20(24)15-8-6-4-5-7-9-15/h10-12,15,23H,4-9,13,22H2,1-3H3/b19-12-. The summed E-state index contributed by atoms with van der Waals surface area (Å²) in [6, 6.07) is 4.20. The number of nitrogens with one attached hydrogen (secondary N) is 1. The molecule has 3 nitrogen and oxygen atoms in total. The molecule has 0 radical (unpaired) electrons. The molecule has 3 heteroatoms. The van der Waals surface area contributed by atoms with Gasteiger partial charge in [0.05, 0.1) is 0 Å². The zero-order valence-corrected chi connectivity index (χ0v) is 15.2. The van der Waals surface area contributed by atoms with Gasteiger partial charge >= 0.3 is 0 Å². The number of anilines is 1. The molecule has 1 aromatic carbocycles. The quantitative estimate of drug-likeness (QED) is 0.482. The molecule has 0 atom stereocenters. The lowest BCUT2D eigenvalue weighted by Gasteiger charge is -2.36. The molecule has 0 unspecified atom stereocenters. The number of carbonyl (C=O) groups is 1. The summed E-state index contributed by atoms with van der Waals surface area (Å²) in [6.07, 6.45) is 9.77. The first kappa shape index (κ1) is 17.1. The summed E-state index contributed by atoms with van der Waals surface area (Å²) in [5.74, 6) is 0.472. The van der Waals surface area contributed by atoms with Crippen LogP contribution in [-0.4, -0.2) is 11.3 Å². The van der Waals surface area contributed by atoms with Crippen molar-refractivity contribution in [2.24, 2.45) is 5.92 Å². The minimum atomic E-state index is -0.0505. The highest BCUT2D eigenvalue weighted by atomic mass is 16.1. The van der Waals surface area contributed by atoms with E-state index in [-0.39, 0.29) is 17.2 Å². The van der Waals surface area contributed by atoms with Crippen molar-refractivity contribution in [2.45, 2.75) is 71.3 Å². The maximum absolute atomic E-state index is 12.8. The van der Waals surface area contributed by atoms with Gasteiger partial charge in [-0.15, -0.1) is 0 Å². The van der Waals surface area contributed by atoms with Gasteiger partial charge in [0.1, 0.15) is 0 Å². The van der Waals surface area contributed by atoms with Crippen LogP contribution in [-0.2, 0) is 11.2 Å². The van der Waals surface area contributed by atoms with E-state index in [1.807, 2.05) is 19.1 Å². The molecule has 0 aromatic heterocycles. The number of hydrogen-bond donors (Lipinski definition) is 2. The van der Waals surface area contributed by atoms with E-state index in [1.165, 1.54) is 31.2 Å². The van der Waals surface area contributed by atoms with Gasteiger partial charge in [-0.3, -0.25) is 4.79 Å². The van der Waals surface area contributed by atoms with Gasteiger partial charge in [0.25, 0.3) is 0 Å². The van der Waals surface area contributed by atoms with Gasteiger partial charge in [0.2, 0.25) is 0 Å². The highest BCUT2D eigenvalue weighted by molar-refractivity contribution is 5.98. The average molecular weight is 326 g/mol. The molecule has 2 aliphatic rings. The molecular weight excluding hydrogens is 296 g/mol. The SMILES string of the molecule is Cc1cc2c(cc1N)/C(=C/C(=O)C1CCCCCC1)NC(C)(C)C2. The van der Waals surface area contributed by atoms with Gasteiger partial charge in [-0.25, -0.2) is 0 Å². The van der Waals surface area contributed by atoms with Crippen LogP contribution in [0, 0.1) is 12.8 Å². The summed E-state index contributed by atoms with van der Waals surface area (Å²) in [7, 11) is 0. The molecule has 3 rings (SSSR count). The Morgan fingerprint density at radius 2 is 1.88 bits per heavy atom. The second-order valence-corrected chi connectivity index (χ2v) is 8.20. The average Bonchev–Trinajstić information content (AvgIpc) is 2.77. The molecule has 0 amide bonds. The van der Waals surface area contributed by atoms with Gasteiger partial charge < -0.3 is 11.1 Å². The predicted molar refractivity (Wildman–Crippen MR) is 101 cm³/mol. The maximum atomic E-state index is 12.8. The summed E-state index contributed by atoms with van der Waals surface area (Å²) in [5, 5.41) is 3.57. The number of rotatable bonds is 2. The monoisotopic (exact) mass is 326 g/mol. The van der Waals surface area contributed by atoms with Crippen LogP contribution in [0.3, 0.4) is 0 Å². The van der Waals surface area contributed by atoms with Crippen molar-refractivity contribution < 1.29 is 4.79 Å². The molecule has 1 aliphatic carbocycles. The Labute approximate surface area is 145 Å². The highest BCUT2D eigenvalue weighted by Crippen LogP contribution is 2.33. The molecule has 1 aliphatic heterocycles. The zero-order chi connectivity index (χ0) is 17.3.